The summed E-state index contributed by atoms with van der Waals surface area (Å²) in [7, 11) is -4.11. The van der Waals surface area contributed by atoms with Crippen LogP contribution in [0.25, 0.3) is 0 Å². The summed E-state index contributed by atoms with van der Waals surface area (Å²) in [4.78, 5) is 22.7. The normalized spacial score (nSPS) is 17.1. The van der Waals surface area contributed by atoms with Crippen molar-refractivity contribution in [2.75, 3.05) is 5.32 Å². The molecule has 0 radical (unpaired) electrons. The van der Waals surface area contributed by atoms with Crippen molar-refractivity contribution < 1.29 is 18.0 Å². The number of amides is 1. The lowest BCUT2D eigenvalue weighted by Gasteiger charge is -2.24. The molecular formula is C15H18BrClN2O4S. The molecule has 9 heteroatoms. The van der Waals surface area contributed by atoms with Crippen molar-refractivity contribution in [3.05, 3.63) is 28.8 Å². The third-order valence-electron chi connectivity index (χ3n) is 3.91. The second-order valence-electron chi connectivity index (χ2n) is 5.63. The molecule has 1 aromatic rings. The molecule has 0 spiro atoms. The third kappa shape index (κ3) is 4.70. The highest BCUT2D eigenvalue weighted by Crippen LogP contribution is 2.29. The Morgan fingerprint density at radius 2 is 1.96 bits per heavy atom. The van der Waals surface area contributed by atoms with E-state index >= 15 is 0 Å². The summed E-state index contributed by atoms with van der Waals surface area (Å²) in [5, 5.41) is 3.80. The molecule has 1 aliphatic rings. The van der Waals surface area contributed by atoms with Gasteiger partial charge in [-0.2, -0.15) is 0 Å². The number of sulfonamides is 1. The quantitative estimate of drug-likeness (QED) is 0.388. The Kier molecular flexibility index (Phi) is 6.65. The lowest BCUT2D eigenvalue weighted by atomic mass is 9.95. The van der Waals surface area contributed by atoms with Crippen molar-refractivity contribution in [2.45, 2.75) is 42.3 Å². The summed E-state index contributed by atoms with van der Waals surface area (Å²) in [6.45, 7) is 0. The van der Waals surface area contributed by atoms with Crippen molar-refractivity contribution in [3.8, 4) is 0 Å². The van der Waals surface area contributed by atoms with Crippen LogP contribution >= 0.6 is 27.5 Å². The lowest BCUT2D eigenvalue weighted by molar-refractivity contribution is -0.108. The molecule has 0 aromatic heterocycles. The number of hydrogen-bond acceptors (Lipinski definition) is 5. The average Bonchev–Trinajstić information content (AvgIpc) is 2.56. The van der Waals surface area contributed by atoms with Gasteiger partial charge in [-0.15, -0.1) is 0 Å². The van der Waals surface area contributed by atoms with Crippen molar-refractivity contribution >= 4 is 55.4 Å². The van der Waals surface area contributed by atoms with Crippen LogP contribution in [-0.2, 0) is 14.8 Å². The van der Waals surface area contributed by atoms with Gasteiger partial charge in [0.2, 0.25) is 6.41 Å². The predicted molar refractivity (Wildman–Crippen MR) is 97.1 cm³/mol. The highest BCUT2D eigenvalue weighted by atomic mass is 79.9. The van der Waals surface area contributed by atoms with Crippen LogP contribution in [0.1, 0.15) is 42.5 Å². The van der Waals surface area contributed by atoms with Gasteiger partial charge in [0.1, 0.15) is 0 Å². The van der Waals surface area contributed by atoms with Gasteiger partial charge < -0.3 is 5.32 Å². The molecule has 1 fully saturated rings. The number of benzene rings is 1. The van der Waals surface area contributed by atoms with E-state index in [9.17, 15) is 18.0 Å². The maximum Gasteiger partial charge on any atom is 0.255 e. The maximum absolute atomic E-state index is 12.4. The molecule has 1 saturated carbocycles. The monoisotopic (exact) mass is 436 g/mol. The molecule has 6 nitrogen and oxygen atoms in total. The Labute approximate surface area is 154 Å². The number of alkyl halides is 1. The number of nitrogens with one attached hydrogen (secondary N) is 2. The number of carbonyl (C=O) groups excluding carboxylic acids is 2. The molecule has 1 atom stereocenters. The molecule has 2 rings (SSSR count). The summed E-state index contributed by atoms with van der Waals surface area (Å²) >= 11 is 9.01. The van der Waals surface area contributed by atoms with Crippen molar-refractivity contribution in [2.24, 2.45) is 0 Å². The molecule has 132 valence electrons. The van der Waals surface area contributed by atoms with Crippen molar-refractivity contribution in [3.63, 3.8) is 0 Å². The highest BCUT2D eigenvalue weighted by molar-refractivity contribution is 9.11. The first-order valence-corrected chi connectivity index (χ1v) is 10.4. The molecular weight excluding hydrogens is 420 g/mol. The number of Topliss-reactive ketones (excluding diaryl/α,β-unsaturated/α-hetero) is 1. The van der Waals surface area contributed by atoms with Crippen molar-refractivity contribution in [1.29, 1.82) is 0 Å². The lowest BCUT2D eigenvalue weighted by Crippen LogP contribution is -2.35. The van der Waals surface area contributed by atoms with E-state index in [0.717, 1.165) is 25.7 Å². The zero-order chi connectivity index (χ0) is 17.7. The predicted octanol–water partition coefficient (Wildman–Crippen LogP) is 3.06. The number of rotatable bonds is 7. The zero-order valence-corrected chi connectivity index (χ0v) is 16.0. The molecule has 1 amide bonds. The van der Waals surface area contributed by atoms with E-state index in [1.807, 2.05) is 0 Å². The highest BCUT2D eigenvalue weighted by Gasteiger charge is 2.30. The molecule has 1 unspecified atom stereocenters. The minimum atomic E-state index is -4.11. The molecule has 24 heavy (non-hydrogen) atoms. The van der Waals surface area contributed by atoms with Gasteiger partial charge in [-0.05, 0) is 31.0 Å². The fourth-order valence-corrected chi connectivity index (χ4v) is 4.09. The molecule has 1 aliphatic carbocycles. The number of ketones is 1. The topological polar surface area (TPSA) is 92.3 Å². The third-order valence-corrected chi connectivity index (χ3v) is 7.31. The molecule has 0 heterocycles. The first kappa shape index (κ1) is 19.2. The van der Waals surface area contributed by atoms with Crippen LogP contribution in [0.3, 0.4) is 0 Å². The fraction of sp³-hybridized carbons (Fsp3) is 0.467. The summed E-state index contributed by atoms with van der Waals surface area (Å²) < 4.78 is 23.6. The van der Waals surface area contributed by atoms with E-state index < -0.39 is 20.0 Å². The summed E-state index contributed by atoms with van der Waals surface area (Å²) in [6.07, 6.45) is 5.60. The van der Waals surface area contributed by atoms with Gasteiger partial charge in [0.05, 0.1) is 10.7 Å². The summed E-state index contributed by atoms with van der Waals surface area (Å²) in [5.41, 5.74) is 0.797. The van der Waals surface area contributed by atoms with Gasteiger partial charge in [-0.1, -0.05) is 46.8 Å². The number of halogens is 2. The minimum Gasteiger partial charge on any atom is -0.381 e. The van der Waals surface area contributed by atoms with Crippen LogP contribution in [-0.4, -0.2) is 30.8 Å². The van der Waals surface area contributed by atoms with Crippen LogP contribution in [0.5, 0.6) is 0 Å². The SMILES string of the molecule is O=CNS(=O)(=O)C(Br)C(=O)c1ccc(Cl)c(NC2CCCCC2)c1. The summed E-state index contributed by atoms with van der Waals surface area (Å²) in [5.74, 6) is -0.673. The second kappa shape index (κ2) is 8.31. The standard InChI is InChI=1S/C15H18BrClN2O4S/c16-15(24(22,23)18-9-20)14(21)10-6-7-12(17)13(8-10)19-11-4-2-1-3-5-11/h6-9,11,15,19H,1-5H2,(H,18,20). The fourth-order valence-electron chi connectivity index (χ4n) is 2.65. The van der Waals surface area contributed by atoms with E-state index in [1.165, 1.54) is 12.5 Å². The van der Waals surface area contributed by atoms with Crippen LogP contribution in [0.15, 0.2) is 18.2 Å². The van der Waals surface area contributed by atoms with Gasteiger partial charge in [-0.3, -0.25) is 14.3 Å². The molecule has 0 aliphatic heterocycles. The Morgan fingerprint density at radius 1 is 1.29 bits per heavy atom. The van der Waals surface area contributed by atoms with Crippen LogP contribution < -0.4 is 10.0 Å². The van der Waals surface area contributed by atoms with E-state index in [4.69, 9.17) is 11.6 Å². The van der Waals surface area contributed by atoms with E-state index in [-0.39, 0.29) is 12.0 Å². The van der Waals surface area contributed by atoms with Crippen LogP contribution in [0.2, 0.25) is 5.02 Å². The van der Waals surface area contributed by atoms with Gasteiger partial charge in [-0.25, -0.2) is 8.42 Å². The van der Waals surface area contributed by atoms with Gasteiger partial charge in [0.25, 0.3) is 10.0 Å². The van der Waals surface area contributed by atoms with Gasteiger partial charge in [0.15, 0.2) is 9.94 Å². The molecule has 2 N–H and O–H groups in total. The Morgan fingerprint density at radius 3 is 2.58 bits per heavy atom. The van der Waals surface area contributed by atoms with Gasteiger partial charge >= 0.3 is 0 Å². The number of hydrogen-bond donors (Lipinski definition) is 2. The Balaban J connectivity index is 2.20. The van der Waals surface area contributed by atoms with Gasteiger partial charge in [0, 0.05) is 11.6 Å². The molecule has 0 saturated heterocycles. The van der Waals surface area contributed by atoms with E-state index in [2.05, 4.69) is 21.2 Å². The Hall–Kier alpha value is -1.12. The van der Waals surface area contributed by atoms with E-state index in [1.54, 1.807) is 16.9 Å². The molecule has 0 bridgehead atoms. The van der Waals surface area contributed by atoms with Crippen molar-refractivity contribution in [1.82, 2.24) is 4.72 Å². The smallest absolute Gasteiger partial charge is 0.255 e. The summed E-state index contributed by atoms with van der Waals surface area (Å²) in [6, 6.07) is 4.85. The Bertz CT molecular complexity index is 720. The second-order valence-corrected chi connectivity index (χ2v) is 9.36. The maximum atomic E-state index is 12.4. The van der Waals surface area contributed by atoms with E-state index in [0.29, 0.717) is 16.8 Å². The first-order chi connectivity index (χ1) is 11.3. The van der Waals surface area contributed by atoms with Crippen LogP contribution in [0, 0.1) is 0 Å². The minimum absolute atomic E-state index is 0.0226. The molecule has 1 aromatic carbocycles. The zero-order valence-electron chi connectivity index (χ0n) is 12.8. The van der Waals surface area contributed by atoms with Crippen LogP contribution in [0.4, 0.5) is 5.69 Å². The number of carbonyl (C=O) groups is 2. The number of anilines is 1. The first-order valence-electron chi connectivity index (χ1n) is 7.54. The average molecular weight is 438 g/mol. The largest absolute Gasteiger partial charge is 0.381 e.